The van der Waals surface area contributed by atoms with Gasteiger partial charge in [0.1, 0.15) is 0 Å². The molecular formula is C17H34N2O5Si. The molecule has 1 N–H and O–H groups in total. The average Bonchev–Trinajstić information content (AvgIpc) is 2.47. The van der Waals surface area contributed by atoms with Crippen molar-refractivity contribution in [2.45, 2.75) is 64.1 Å². The Hall–Kier alpha value is -0.963. The summed E-state index contributed by atoms with van der Waals surface area (Å²) in [5, 5.41) is 3.03. The van der Waals surface area contributed by atoms with Gasteiger partial charge in [-0.1, -0.05) is 20.8 Å². The van der Waals surface area contributed by atoms with E-state index in [0.717, 1.165) is 0 Å². The fourth-order valence-electron chi connectivity index (χ4n) is 2.73. The van der Waals surface area contributed by atoms with Crippen LogP contribution < -0.4 is 5.32 Å². The molecule has 7 nitrogen and oxygen atoms in total. The van der Waals surface area contributed by atoms with Crippen LogP contribution in [0.2, 0.25) is 18.1 Å². The quantitative estimate of drug-likeness (QED) is 0.559. The molecule has 1 saturated heterocycles. The van der Waals surface area contributed by atoms with Gasteiger partial charge < -0.3 is 19.2 Å². The van der Waals surface area contributed by atoms with Crippen LogP contribution in [0.15, 0.2) is 0 Å². The maximum atomic E-state index is 11.7. The predicted molar refractivity (Wildman–Crippen MR) is 98.9 cm³/mol. The summed E-state index contributed by atoms with van der Waals surface area (Å²) in [5.41, 5.74) is 0. The van der Waals surface area contributed by atoms with Crippen LogP contribution in [0.3, 0.4) is 0 Å². The van der Waals surface area contributed by atoms with E-state index in [0.29, 0.717) is 13.1 Å². The van der Waals surface area contributed by atoms with E-state index >= 15 is 0 Å². The summed E-state index contributed by atoms with van der Waals surface area (Å²) in [5.74, 6) is -0.406. The summed E-state index contributed by atoms with van der Waals surface area (Å²) in [6.07, 6.45) is -0.495. The van der Waals surface area contributed by atoms with Crippen LogP contribution in [-0.2, 0) is 23.5 Å². The van der Waals surface area contributed by atoms with E-state index in [-0.39, 0.29) is 41.7 Å². The molecule has 1 fully saturated rings. The molecule has 0 bridgehead atoms. The van der Waals surface area contributed by atoms with Crippen LogP contribution in [0.1, 0.15) is 27.7 Å². The zero-order valence-corrected chi connectivity index (χ0v) is 17.8. The minimum absolute atomic E-state index is 0.0426. The zero-order valence-electron chi connectivity index (χ0n) is 16.8. The lowest BCUT2D eigenvalue weighted by atomic mass is 9.98. The van der Waals surface area contributed by atoms with E-state index in [1.165, 1.54) is 14.0 Å². The van der Waals surface area contributed by atoms with Crippen LogP contribution in [0.25, 0.3) is 0 Å². The summed E-state index contributed by atoms with van der Waals surface area (Å²) < 4.78 is 17.0. The summed E-state index contributed by atoms with van der Waals surface area (Å²) in [7, 11) is 0.939. The van der Waals surface area contributed by atoms with Crippen molar-refractivity contribution in [1.29, 1.82) is 0 Å². The van der Waals surface area contributed by atoms with Crippen molar-refractivity contribution >= 4 is 20.2 Å². The van der Waals surface area contributed by atoms with Crippen LogP contribution >= 0.6 is 0 Å². The van der Waals surface area contributed by atoms with Crippen molar-refractivity contribution in [2.24, 2.45) is 0 Å². The Morgan fingerprint density at radius 2 is 1.72 bits per heavy atom. The lowest BCUT2D eigenvalue weighted by Gasteiger charge is -2.47. The van der Waals surface area contributed by atoms with Gasteiger partial charge in [0.15, 0.2) is 8.32 Å². The number of nitrogens with one attached hydrogen (secondary N) is 1. The standard InChI is InChI=1S/C17H34N2O5Si/c1-12(20)18-16-13(22-5)9-19(11-15(21)23-6)10-14(16)24-25(7,8)17(2,3)4/h13-14,16H,9-11H2,1-8H3,(H,18,20)/t13-,14+,16+/m0/s1. The van der Waals surface area contributed by atoms with Gasteiger partial charge in [0.2, 0.25) is 5.91 Å². The summed E-state index contributed by atoms with van der Waals surface area (Å²) >= 11 is 0. The SMILES string of the molecule is COC(=O)CN1C[C@H](OC)[C@@H](NC(C)=O)[C@H](O[Si](C)(C)C(C)(C)C)C1. The van der Waals surface area contributed by atoms with Crippen LogP contribution in [0.4, 0.5) is 0 Å². The smallest absolute Gasteiger partial charge is 0.319 e. The van der Waals surface area contributed by atoms with Gasteiger partial charge in [0.25, 0.3) is 0 Å². The molecule has 0 radical (unpaired) electrons. The Balaban J connectivity index is 3.04. The van der Waals surface area contributed by atoms with E-state index in [4.69, 9.17) is 13.9 Å². The second kappa shape index (κ2) is 8.61. The molecule has 0 aromatic carbocycles. The highest BCUT2D eigenvalue weighted by Gasteiger charge is 2.45. The number of likely N-dealkylation sites (tertiary alicyclic amines) is 1. The summed E-state index contributed by atoms with van der Waals surface area (Å²) in [6.45, 7) is 13.6. The first-order chi connectivity index (χ1) is 11.4. The Morgan fingerprint density at radius 3 is 2.16 bits per heavy atom. The number of piperidine rings is 1. The molecule has 146 valence electrons. The number of nitrogens with zero attached hydrogens (tertiary/aromatic N) is 1. The number of hydrogen-bond acceptors (Lipinski definition) is 6. The number of carbonyl (C=O) groups is 2. The van der Waals surface area contributed by atoms with Gasteiger partial charge in [-0.05, 0) is 18.1 Å². The van der Waals surface area contributed by atoms with E-state index < -0.39 is 8.32 Å². The Kier molecular flexibility index (Phi) is 7.61. The predicted octanol–water partition coefficient (Wildman–Crippen LogP) is 1.39. The first-order valence-corrected chi connectivity index (χ1v) is 11.6. The van der Waals surface area contributed by atoms with Crippen molar-refractivity contribution in [1.82, 2.24) is 10.2 Å². The number of methoxy groups -OCH3 is 2. The van der Waals surface area contributed by atoms with E-state index in [1.807, 2.05) is 4.90 Å². The third kappa shape index (κ3) is 6.05. The van der Waals surface area contributed by atoms with E-state index in [1.54, 1.807) is 7.11 Å². The maximum Gasteiger partial charge on any atom is 0.319 e. The Bertz CT molecular complexity index is 478. The van der Waals surface area contributed by atoms with Gasteiger partial charge in [-0.25, -0.2) is 0 Å². The second-order valence-corrected chi connectivity index (χ2v) is 12.9. The van der Waals surface area contributed by atoms with Crippen molar-refractivity contribution in [3.05, 3.63) is 0 Å². The molecular weight excluding hydrogens is 340 g/mol. The molecule has 0 unspecified atom stereocenters. The first kappa shape index (κ1) is 22.1. The van der Waals surface area contributed by atoms with Crippen molar-refractivity contribution in [3.8, 4) is 0 Å². The molecule has 1 heterocycles. The largest absolute Gasteiger partial charge is 0.468 e. The maximum absolute atomic E-state index is 11.7. The van der Waals surface area contributed by atoms with Crippen molar-refractivity contribution < 1.29 is 23.5 Å². The number of esters is 1. The topological polar surface area (TPSA) is 77.1 Å². The third-order valence-corrected chi connectivity index (χ3v) is 9.69. The Labute approximate surface area is 152 Å². The number of hydrogen-bond donors (Lipinski definition) is 1. The van der Waals surface area contributed by atoms with E-state index in [2.05, 4.69) is 39.2 Å². The monoisotopic (exact) mass is 374 g/mol. The highest BCUT2D eigenvalue weighted by Crippen LogP contribution is 2.38. The molecule has 0 spiro atoms. The number of carbonyl (C=O) groups excluding carboxylic acids is 2. The fraction of sp³-hybridized carbons (Fsp3) is 0.882. The van der Waals surface area contributed by atoms with Gasteiger partial charge in [-0.15, -0.1) is 0 Å². The van der Waals surface area contributed by atoms with Gasteiger partial charge in [-0.2, -0.15) is 0 Å². The van der Waals surface area contributed by atoms with Gasteiger partial charge in [-0.3, -0.25) is 14.5 Å². The first-order valence-electron chi connectivity index (χ1n) is 8.68. The molecule has 1 aliphatic rings. The number of amides is 1. The lowest BCUT2D eigenvalue weighted by molar-refractivity contribution is -0.144. The molecule has 1 aliphatic heterocycles. The average molecular weight is 375 g/mol. The molecule has 0 aliphatic carbocycles. The van der Waals surface area contributed by atoms with Crippen LogP contribution in [0, 0.1) is 0 Å². The minimum Gasteiger partial charge on any atom is -0.468 e. The van der Waals surface area contributed by atoms with Gasteiger partial charge in [0, 0.05) is 27.1 Å². The normalized spacial score (nSPS) is 25.5. The van der Waals surface area contributed by atoms with Crippen LogP contribution in [-0.4, -0.2) is 77.2 Å². The molecule has 3 atom stereocenters. The minimum atomic E-state index is -2.06. The molecule has 0 aromatic heterocycles. The molecule has 0 aromatic rings. The van der Waals surface area contributed by atoms with E-state index in [9.17, 15) is 9.59 Å². The number of rotatable bonds is 6. The molecule has 1 amide bonds. The molecule has 25 heavy (non-hydrogen) atoms. The zero-order chi connectivity index (χ0) is 19.4. The third-order valence-electron chi connectivity index (χ3n) is 5.18. The fourth-order valence-corrected chi connectivity index (χ4v) is 4.07. The van der Waals surface area contributed by atoms with Crippen molar-refractivity contribution in [2.75, 3.05) is 33.9 Å². The summed E-state index contributed by atoms with van der Waals surface area (Å²) in [4.78, 5) is 25.3. The highest BCUT2D eigenvalue weighted by atomic mass is 28.4. The molecule has 8 heteroatoms. The molecule has 1 rings (SSSR count). The molecule has 0 saturated carbocycles. The Morgan fingerprint density at radius 1 is 1.16 bits per heavy atom. The second-order valence-electron chi connectivity index (χ2n) is 8.19. The number of ether oxygens (including phenoxy) is 2. The highest BCUT2D eigenvalue weighted by molar-refractivity contribution is 6.74. The summed E-state index contributed by atoms with van der Waals surface area (Å²) in [6, 6.07) is -0.245. The van der Waals surface area contributed by atoms with Gasteiger partial charge in [0.05, 0.1) is 31.9 Å². The van der Waals surface area contributed by atoms with Gasteiger partial charge >= 0.3 is 5.97 Å². The van der Waals surface area contributed by atoms with Crippen molar-refractivity contribution in [3.63, 3.8) is 0 Å². The van der Waals surface area contributed by atoms with Crippen LogP contribution in [0.5, 0.6) is 0 Å². The lowest BCUT2D eigenvalue weighted by Crippen LogP contribution is -2.65.